The molecule has 2 N–H and O–H groups in total. The molecule has 1 aromatic rings. The van der Waals surface area contributed by atoms with Gasteiger partial charge >= 0.3 is 11.9 Å². The molecule has 1 rings (SSSR count). The first kappa shape index (κ1) is 48.2. The van der Waals surface area contributed by atoms with Crippen LogP contribution in [0.15, 0.2) is 18.2 Å². The number of aromatic carboxylic acids is 2. The predicted molar refractivity (Wildman–Crippen MR) is 225 cm³/mol. The van der Waals surface area contributed by atoms with Crippen LogP contribution in [0.3, 0.4) is 0 Å². The van der Waals surface area contributed by atoms with Gasteiger partial charge in [0, 0.05) is 0 Å². The van der Waals surface area contributed by atoms with E-state index in [2.05, 4.69) is 34.6 Å². The average molecular weight is 727 g/mol. The maximum Gasteiger partial charge on any atom is 0.336 e. The van der Waals surface area contributed by atoms with Crippen LogP contribution in [0.2, 0.25) is 0 Å². The fourth-order valence-corrected chi connectivity index (χ4v) is 9.27. The number of carboxylic acid groups (broad SMARTS) is 2. The molecule has 0 amide bonds. The summed E-state index contributed by atoms with van der Waals surface area (Å²) in [4.78, 5) is 25.6. The monoisotopic (exact) mass is 727 g/mol. The third-order valence-corrected chi connectivity index (χ3v) is 12.3. The van der Waals surface area contributed by atoms with Crippen molar-refractivity contribution in [3.05, 3.63) is 34.9 Å². The number of benzene rings is 1. The van der Waals surface area contributed by atoms with Crippen LogP contribution >= 0.6 is 0 Å². The summed E-state index contributed by atoms with van der Waals surface area (Å²) in [6, 6.07) is 5.36. The Kier molecular flexibility index (Phi) is 29.2. The zero-order valence-corrected chi connectivity index (χ0v) is 35.2. The van der Waals surface area contributed by atoms with Crippen molar-refractivity contribution in [2.75, 3.05) is 0 Å². The number of hydrogen-bond donors (Lipinski definition) is 2. The van der Waals surface area contributed by atoms with Gasteiger partial charge in [0.2, 0.25) is 0 Å². The molecule has 0 bridgehead atoms. The lowest BCUT2D eigenvalue weighted by atomic mass is 9.58. The van der Waals surface area contributed by atoms with E-state index in [0.717, 1.165) is 31.2 Å². The Balaban J connectivity index is 3.88. The quantitative estimate of drug-likeness (QED) is 0.0670. The van der Waals surface area contributed by atoms with Crippen LogP contribution in [-0.2, 0) is 0 Å². The average Bonchev–Trinajstić information content (AvgIpc) is 3.14. The van der Waals surface area contributed by atoms with Gasteiger partial charge in [0.05, 0.1) is 11.1 Å². The minimum atomic E-state index is -1.13. The molecule has 0 spiro atoms. The van der Waals surface area contributed by atoms with Gasteiger partial charge < -0.3 is 10.2 Å². The second-order valence-electron chi connectivity index (χ2n) is 16.6. The maximum atomic E-state index is 13.1. The molecule has 0 radical (unpaired) electrons. The first-order valence-corrected chi connectivity index (χ1v) is 22.9. The molecule has 0 aliphatic rings. The van der Waals surface area contributed by atoms with Crippen molar-refractivity contribution >= 4 is 11.9 Å². The Hall–Kier alpha value is -1.84. The van der Waals surface area contributed by atoms with Crippen molar-refractivity contribution in [3.63, 3.8) is 0 Å². The minimum Gasteiger partial charge on any atom is -0.478 e. The summed E-state index contributed by atoms with van der Waals surface area (Å²) in [5.74, 6) is -1.78. The summed E-state index contributed by atoms with van der Waals surface area (Å²) in [7, 11) is 0. The molecule has 0 saturated heterocycles. The van der Waals surface area contributed by atoms with E-state index in [9.17, 15) is 19.8 Å². The second-order valence-corrected chi connectivity index (χ2v) is 16.6. The van der Waals surface area contributed by atoms with E-state index in [1.165, 1.54) is 186 Å². The van der Waals surface area contributed by atoms with E-state index in [1.54, 1.807) is 0 Å². The van der Waals surface area contributed by atoms with Crippen LogP contribution in [0, 0.1) is 11.3 Å². The summed E-state index contributed by atoms with van der Waals surface area (Å²) < 4.78 is 0. The molecule has 4 nitrogen and oxygen atoms in total. The molecule has 0 aliphatic heterocycles. The van der Waals surface area contributed by atoms with Crippen LogP contribution < -0.4 is 0 Å². The van der Waals surface area contributed by atoms with Crippen LogP contribution in [-0.4, -0.2) is 22.2 Å². The second kappa shape index (κ2) is 31.5. The maximum absolute atomic E-state index is 13.1. The molecule has 2 unspecified atom stereocenters. The van der Waals surface area contributed by atoms with E-state index >= 15 is 0 Å². The Morgan fingerprint density at radius 3 is 1.23 bits per heavy atom. The molecular formula is C48H86O4. The van der Waals surface area contributed by atoms with Gasteiger partial charge in [-0.1, -0.05) is 220 Å². The van der Waals surface area contributed by atoms with Crippen LogP contribution in [0.25, 0.3) is 0 Å². The molecule has 302 valence electrons. The smallest absolute Gasteiger partial charge is 0.336 e. The molecule has 0 heterocycles. The Morgan fingerprint density at radius 2 is 0.846 bits per heavy atom. The highest BCUT2D eigenvalue weighted by Gasteiger charge is 2.43. The molecule has 1 aromatic carbocycles. The molecule has 4 heteroatoms. The standard InChI is InChI=1S/C48H86O4/c1-6-11-16-21-26-31-39-48(38-30-25-20-15-10-5,40-32-27-22-17-12-7-2)44(37-29-24-19-14-9-4)41(34-28-23-18-13-8-3)42-35-33-36-43(46(49)50)45(42)47(51)52/h33,35-36,41,44H,6-32,34,37-40H2,1-5H3,(H,49,50)(H,51,52). The highest BCUT2D eigenvalue weighted by atomic mass is 16.4. The SMILES string of the molecule is CCCCCCCCC(CCCCCCC)(CCCCCCCC)C(CCCCCCC)C(CCCCCCC)c1cccc(C(=O)O)c1C(=O)O. The Bertz CT molecular complexity index is 1000. The van der Waals surface area contributed by atoms with E-state index < -0.39 is 11.9 Å². The topological polar surface area (TPSA) is 74.6 Å². The number of carboxylic acids is 2. The van der Waals surface area contributed by atoms with Gasteiger partial charge in [0.15, 0.2) is 0 Å². The van der Waals surface area contributed by atoms with Gasteiger partial charge in [-0.25, -0.2) is 9.59 Å². The molecular weight excluding hydrogens is 641 g/mol. The predicted octanol–water partition coefficient (Wildman–Crippen LogP) is 16.4. The fourth-order valence-electron chi connectivity index (χ4n) is 9.27. The van der Waals surface area contributed by atoms with Crippen LogP contribution in [0.1, 0.15) is 272 Å². The van der Waals surface area contributed by atoms with E-state index in [-0.39, 0.29) is 22.5 Å². The molecule has 0 fully saturated rings. The third-order valence-electron chi connectivity index (χ3n) is 12.3. The molecule has 0 aliphatic carbocycles. The molecule has 0 saturated carbocycles. The largest absolute Gasteiger partial charge is 0.478 e. The summed E-state index contributed by atoms with van der Waals surface area (Å²) in [5, 5.41) is 20.9. The van der Waals surface area contributed by atoms with Gasteiger partial charge in [0.25, 0.3) is 0 Å². The van der Waals surface area contributed by atoms with E-state index in [0.29, 0.717) is 5.92 Å². The van der Waals surface area contributed by atoms with Crippen molar-refractivity contribution in [2.45, 2.75) is 246 Å². The number of carbonyl (C=O) groups is 2. The van der Waals surface area contributed by atoms with Crippen molar-refractivity contribution in [1.82, 2.24) is 0 Å². The van der Waals surface area contributed by atoms with Gasteiger partial charge in [-0.3, -0.25) is 0 Å². The fraction of sp³-hybridized carbons (Fsp3) is 0.833. The van der Waals surface area contributed by atoms with E-state index in [1.807, 2.05) is 12.1 Å². The van der Waals surface area contributed by atoms with Gasteiger partial charge in [-0.15, -0.1) is 0 Å². The Labute approximate surface area is 323 Å². The lowest BCUT2D eigenvalue weighted by Gasteiger charge is -2.47. The van der Waals surface area contributed by atoms with Crippen molar-refractivity contribution in [2.24, 2.45) is 11.3 Å². The highest BCUT2D eigenvalue weighted by Crippen LogP contribution is 2.53. The first-order chi connectivity index (χ1) is 25.3. The normalized spacial score (nSPS) is 13.0. The molecule has 0 aromatic heterocycles. The summed E-state index contributed by atoms with van der Waals surface area (Å²) >= 11 is 0. The Morgan fingerprint density at radius 1 is 0.481 bits per heavy atom. The highest BCUT2D eigenvalue weighted by molar-refractivity contribution is 6.02. The van der Waals surface area contributed by atoms with Gasteiger partial charge in [0.1, 0.15) is 0 Å². The summed E-state index contributed by atoms with van der Waals surface area (Å²) in [6.45, 7) is 11.4. The number of rotatable bonds is 37. The third kappa shape index (κ3) is 19.5. The van der Waals surface area contributed by atoms with Crippen LogP contribution in [0.5, 0.6) is 0 Å². The van der Waals surface area contributed by atoms with Crippen LogP contribution in [0.4, 0.5) is 0 Å². The van der Waals surface area contributed by atoms with Gasteiger partial charge in [-0.2, -0.15) is 0 Å². The summed E-state index contributed by atoms with van der Waals surface area (Å²) in [5.41, 5.74) is 0.971. The minimum absolute atomic E-state index is 0.0420. The van der Waals surface area contributed by atoms with E-state index in [4.69, 9.17) is 0 Å². The zero-order valence-electron chi connectivity index (χ0n) is 35.2. The number of hydrogen-bond acceptors (Lipinski definition) is 2. The van der Waals surface area contributed by atoms with Crippen molar-refractivity contribution in [3.8, 4) is 0 Å². The molecule has 2 atom stereocenters. The van der Waals surface area contributed by atoms with Gasteiger partial charge in [-0.05, 0) is 61.0 Å². The lowest BCUT2D eigenvalue weighted by molar-refractivity contribution is 0.0612. The van der Waals surface area contributed by atoms with Crippen molar-refractivity contribution < 1.29 is 19.8 Å². The lowest BCUT2D eigenvalue weighted by Crippen LogP contribution is -2.36. The zero-order chi connectivity index (χ0) is 38.3. The molecule has 52 heavy (non-hydrogen) atoms. The summed E-state index contributed by atoms with van der Waals surface area (Å²) in [6.07, 6.45) is 39.7. The van der Waals surface area contributed by atoms with Crippen molar-refractivity contribution in [1.29, 1.82) is 0 Å². The number of unbranched alkanes of at least 4 members (excludes halogenated alkanes) is 22. The first-order valence-electron chi connectivity index (χ1n) is 22.9.